The van der Waals surface area contributed by atoms with Gasteiger partial charge in [-0.15, -0.1) is 0 Å². The van der Waals surface area contributed by atoms with Gasteiger partial charge in [0.2, 0.25) is 0 Å². The van der Waals surface area contributed by atoms with E-state index in [9.17, 15) is 13.6 Å². The molecule has 0 amide bonds. The van der Waals surface area contributed by atoms with Crippen LogP contribution in [0.2, 0.25) is 0 Å². The molecule has 1 aromatic rings. The molecule has 1 aromatic carbocycles. The van der Waals surface area contributed by atoms with Crippen molar-refractivity contribution >= 4 is 5.97 Å². The van der Waals surface area contributed by atoms with Gasteiger partial charge in [0, 0.05) is 6.07 Å². The van der Waals surface area contributed by atoms with Crippen LogP contribution in [0.5, 0.6) is 5.75 Å². The van der Waals surface area contributed by atoms with E-state index in [2.05, 4.69) is 9.47 Å². The Morgan fingerprint density at radius 1 is 1.29 bits per heavy atom. The van der Waals surface area contributed by atoms with Crippen LogP contribution in [0.1, 0.15) is 10.4 Å². The Morgan fingerprint density at radius 3 is 2.43 bits per heavy atom. The Labute approximate surface area is 79.2 Å². The zero-order valence-electron chi connectivity index (χ0n) is 7.64. The second kappa shape index (κ2) is 4.04. The summed E-state index contributed by atoms with van der Waals surface area (Å²) in [5.41, 5.74) is -0.482. The number of carbonyl (C=O) groups excluding carboxylic acids is 1. The molecule has 0 heterocycles. The average Bonchev–Trinajstić information content (AvgIpc) is 2.19. The predicted octanol–water partition coefficient (Wildman–Crippen LogP) is 1.76. The quantitative estimate of drug-likeness (QED) is 0.685. The second-order valence-corrected chi connectivity index (χ2v) is 2.46. The van der Waals surface area contributed by atoms with E-state index in [0.29, 0.717) is 0 Å². The molecule has 14 heavy (non-hydrogen) atoms. The number of benzene rings is 1. The van der Waals surface area contributed by atoms with Crippen LogP contribution in [0.4, 0.5) is 8.78 Å². The highest BCUT2D eigenvalue weighted by molar-refractivity contribution is 5.90. The number of halogens is 2. The smallest absolute Gasteiger partial charge is 0.341 e. The Balaban J connectivity index is 3.29. The summed E-state index contributed by atoms with van der Waals surface area (Å²) in [6.07, 6.45) is 0. The molecule has 0 fully saturated rings. The van der Waals surface area contributed by atoms with E-state index >= 15 is 0 Å². The van der Waals surface area contributed by atoms with Gasteiger partial charge in [-0.2, -0.15) is 0 Å². The first kappa shape index (κ1) is 10.4. The minimum atomic E-state index is -0.944. The Morgan fingerprint density at radius 2 is 1.93 bits per heavy atom. The predicted molar refractivity (Wildman–Crippen MR) is 44.2 cm³/mol. The Hall–Kier alpha value is -1.65. The molecule has 0 aromatic heterocycles. The summed E-state index contributed by atoms with van der Waals surface area (Å²) in [7, 11) is 2.26. The molecule has 0 unspecified atom stereocenters. The third-order valence-electron chi connectivity index (χ3n) is 1.63. The number of esters is 1. The van der Waals surface area contributed by atoms with Gasteiger partial charge in [0.25, 0.3) is 0 Å². The lowest BCUT2D eigenvalue weighted by atomic mass is 10.2. The molecule has 1 rings (SSSR count). The van der Waals surface area contributed by atoms with Crippen LogP contribution in [-0.2, 0) is 4.74 Å². The largest absolute Gasteiger partial charge is 0.494 e. The van der Waals surface area contributed by atoms with Crippen molar-refractivity contribution in [2.24, 2.45) is 0 Å². The number of hydrogen-bond acceptors (Lipinski definition) is 3. The molecule has 0 aliphatic rings. The van der Waals surface area contributed by atoms with Crippen molar-refractivity contribution in [3.05, 3.63) is 29.3 Å². The van der Waals surface area contributed by atoms with Crippen molar-refractivity contribution < 1.29 is 23.0 Å². The van der Waals surface area contributed by atoms with Gasteiger partial charge in [-0.1, -0.05) is 0 Å². The fourth-order valence-electron chi connectivity index (χ4n) is 0.971. The van der Waals surface area contributed by atoms with Gasteiger partial charge in [0.1, 0.15) is 11.4 Å². The van der Waals surface area contributed by atoms with Crippen molar-refractivity contribution in [2.45, 2.75) is 0 Å². The van der Waals surface area contributed by atoms with E-state index in [-0.39, 0.29) is 5.75 Å². The van der Waals surface area contributed by atoms with Gasteiger partial charge < -0.3 is 9.47 Å². The summed E-state index contributed by atoms with van der Waals surface area (Å²) in [5, 5.41) is 0. The zero-order chi connectivity index (χ0) is 10.7. The molecule has 0 saturated carbocycles. The average molecular weight is 202 g/mol. The lowest BCUT2D eigenvalue weighted by Crippen LogP contribution is -2.06. The number of methoxy groups -OCH3 is 2. The Kier molecular flexibility index (Phi) is 3.01. The minimum absolute atomic E-state index is 0.328. The number of rotatable bonds is 2. The maximum atomic E-state index is 13.3. The molecule has 0 atom stereocenters. The van der Waals surface area contributed by atoms with Crippen LogP contribution in [0.3, 0.4) is 0 Å². The van der Waals surface area contributed by atoms with E-state index in [4.69, 9.17) is 0 Å². The fourth-order valence-corrected chi connectivity index (χ4v) is 0.971. The SMILES string of the molecule is COC(=O)c1cc(F)cc(OC)c1F. The standard InChI is InChI=1S/C9H8F2O3/c1-13-7-4-5(10)3-6(8(7)11)9(12)14-2/h3-4H,1-2H3. The van der Waals surface area contributed by atoms with Crippen LogP contribution in [0, 0.1) is 11.6 Å². The molecule has 3 nitrogen and oxygen atoms in total. The van der Waals surface area contributed by atoms with Crippen molar-refractivity contribution in [3.63, 3.8) is 0 Å². The van der Waals surface area contributed by atoms with E-state index < -0.39 is 23.2 Å². The number of carbonyl (C=O) groups is 1. The summed E-state index contributed by atoms with van der Waals surface area (Å²) >= 11 is 0. The lowest BCUT2D eigenvalue weighted by molar-refractivity contribution is 0.0594. The summed E-state index contributed by atoms with van der Waals surface area (Å²) in [6.45, 7) is 0. The molecular weight excluding hydrogens is 194 g/mol. The molecule has 76 valence electrons. The van der Waals surface area contributed by atoms with E-state index in [1.54, 1.807) is 0 Å². The summed E-state index contributed by atoms with van der Waals surface area (Å²) < 4.78 is 34.9. The van der Waals surface area contributed by atoms with Gasteiger partial charge in [-0.3, -0.25) is 0 Å². The second-order valence-electron chi connectivity index (χ2n) is 2.46. The molecule has 0 radical (unpaired) electrons. The van der Waals surface area contributed by atoms with Crippen LogP contribution in [-0.4, -0.2) is 20.2 Å². The van der Waals surface area contributed by atoms with Crippen LogP contribution >= 0.6 is 0 Å². The van der Waals surface area contributed by atoms with E-state index in [1.807, 2.05) is 0 Å². The van der Waals surface area contributed by atoms with E-state index in [1.165, 1.54) is 7.11 Å². The van der Waals surface area contributed by atoms with Gasteiger partial charge in [-0.25, -0.2) is 13.6 Å². The maximum Gasteiger partial charge on any atom is 0.341 e. The molecule has 0 bridgehead atoms. The number of hydrogen-bond donors (Lipinski definition) is 0. The monoisotopic (exact) mass is 202 g/mol. The topological polar surface area (TPSA) is 35.5 Å². The van der Waals surface area contributed by atoms with Gasteiger partial charge in [-0.05, 0) is 6.07 Å². The lowest BCUT2D eigenvalue weighted by Gasteiger charge is -2.05. The summed E-state index contributed by atoms with van der Waals surface area (Å²) in [4.78, 5) is 11.0. The molecular formula is C9H8F2O3. The van der Waals surface area contributed by atoms with Crippen molar-refractivity contribution in [2.75, 3.05) is 14.2 Å². The first-order chi connectivity index (χ1) is 6.60. The van der Waals surface area contributed by atoms with Crippen LogP contribution < -0.4 is 4.74 Å². The highest BCUT2D eigenvalue weighted by atomic mass is 19.1. The van der Waals surface area contributed by atoms with Crippen molar-refractivity contribution in [1.82, 2.24) is 0 Å². The molecule has 0 saturated heterocycles. The molecule has 0 spiro atoms. The zero-order valence-corrected chi connectivity index (χ0v) is 7.64. The highest BCUT2D eigenvalue weighted by Crippen LogP contribution is 2.22. The van der Waals surface area contributed by atoms with Gasteiger partial charge in [0.05, 0.1) is 14.2 Å². The first-order valence-electron chi connectivity index (χ1n) is 3.71. The minimum Gasteiger partial charge on any atom is -0.494 e. The summed E-state index contributed by atoms with van der Waals surface area (Å²) in [5.74, 6) is -2.96. The van der Waals surface area contributed by atoms with Crippen LogP contribution in [0.25, 0.3) is 0 Å². The normalized spacial score (nSPS) is 9.71. The molecule has 0 aliphatic carbocycles. The highest BCUT2D eigenvalue weighted by Gasteiger charge is 2.18. The molecule has 5 heteroatoms. The molecule has 0 N–H and O–H groups in total. The first-order valence-corrected chi connectivity index (χ1v) is 3.71. The van der Waals surface area contributed by atoms with Gasteiger partial charge >= 0.3 is 5.97 Å². The number of ether oxygens (including phenoxy) is 2. The van der Waals surface area contributed by atoms with E-state index in [0.717, 1.165) is 19.2 Å². The summed E-state index contributed by atoms with van der Waals surface area (Å²) in [6, 6.07) is 1.60. The maximum absolute atomic E-state index is 13.3. The van der Waals surface area contributed by atoms with Crippen LogP contribution in [0.15, 0.2) is 12.1 Å². The fraction of sp³-hybridized carbons (Fsp3) is 0.222. The van der Waals surface area contributed by atoms with Gasteiger partial charge in [0.15, 0.2) is 11.6 Å². The third kappa shape index (κ3) is 1.81. The van der Waals surface area contributed by atoms with Crippen molar-refractivity contribution in [1.29, 1.82) is 0 Å². The third-order valence-corrected chi connectivity index (χ3v) is 1.63. The van der Waals surface area contributed by atoms with Crippen molar-refractivity contribution in [3.8, 4) is 5.75 Å². The molecule has 0 aliphatic heterocycles. The Bertz CT molecular complexity index is 363.